The molecule has 1 aromatic heterocycles. The maximum atomic E-state index is 5.79. The molecular weight excluding hydrogens is 452 g/mol. The fourth-order valence-corrected chi connectivity index (χ4v) is 4.83. The third-order valence-electron chi connectivity index (χ3n) is 6.81. The highest BCUT2D eigenvalue weighted by molar-refractivity contribution is 6.04. The Labute approximate surface area is 212 Å². The minimum atomic E-state index is 0.318. The molecule has 0 spiro atoms. The predicted octanol–water partition coefficient (Wildman–Crippen LogP) is 5.40. The highest BCUT2D eigenvalue weighted by Crippen LogP contribution is 2.40. The van der Waals surface area contributed by atoms with Crippen LogP contribution in [-0.4, -0.2) is 55.6 Å². The van der Waals surface area contributed by atoms with E-state index in [1.54, 1.807) is 21.3 Å². The largest absolute Gasteiger partial charge is 0.497 e. The summed E-state index contributed by atoms with van der Waals surface area (Å²) in [5.41, 5.74) is 3.06. The van der Waals surface area contributed by atoms with Crippen molar-refractivity contribution in [2.45, 2.75) is 25.4 Å². The number of hydrogen-bond donors (Lipinski definition) is 1. The molecule has 2 heterocycles. The third kappa shape index (κ3) is 5.06. The molecule has 36 heavy (non-hydrogen) atoms. The van der Waals surface area contributed by atoms with Crippen LogP contribution in [0.3, 0.4) is 0 Å². The lowest BCUT2D eigenvalue weighted by molar-refractivity contribution is 0.211. The number of rotatable bonds is 8. The molecule has 4 aromatic rings. The zero-order valence-electron chi connectivity index (χ0n) is 21.0. The second kappa shape index (κ2) is 10.8. The summed E-state index contributed by atoms with van der Waals surface area (Å²) >= 11 is 0. The van der Waals surface area contributed by atoms with Crippen LogP contribution < -0.4 is 19.5 Å². The van der Waals surface area contributed by atoms with E-state index in [1.807, 2.05) is 36.4 Å². The van der Waals surface area contributed by atoms with Gasteiger partial charge in [-0.1, -0.05) is 30.3 Å². The first-order valence-electron chi connectivity index (χ1n) is 12.3. The average Bonchev–Trinajstić information content (AvgIpc) is 2.94. The van der Waals surface area contributed by atoms with Crippen molar-refractivity contribution in [2.75, 3.05) is 39.7 Å². The van der Waals surface area contributed by atoms with Gasteiger partial charge in [0.2, 0.25) is 0 Å². The van der Waals surface area contributed by atoms with Gasteiger partial charge in [-0.05, 0) is 48.7 Å². The molecule has 7 heteroatoms. The Morgan fingerprint density at radius 1 is 0.833 bits per heavy atom. The summed E-state index contributed by atoms with van der Waals surface area (Å²) in [7, 11) is 4.99. The minimum absolute atomic E-state index is 0.318. The maximum absolute atomic E-state index is 5.79. The fraction of sp³-hybridized carbons (Fsp3) is 0.310. The molecule has 0 amide bonds. The Balaban J connectivity index is 1.42. The van der Waals surface area contributed by atoms with Crippen molar-refractivity contribution in [3.05, 3.63) is 72.3 Å². The Kier molecular flexibility index (Phi) is 7.18. The van der Waals surface area contributed by atoms with Crippen LogP contribution in [0.5, 0.6) is 17.2 Å². The predicted molar refractivity (Wildman–Crippen MR) is 143 cm³/mol. The number of methoxy groups -OCH3 is 3. The molecule has 186 valence electrons. The molecule has 7 nitrogen and oxygen atoms in total. The molecule has 1 aliphatic rings. The summed E-state index contributed by atoms with van der Waals surface area (Å²) in [6.07, 6.45) is 2.08. The van der Waals surface area contributed by atoms with Gasteiger partial charge in [0, 0.05) is 42.7 Å². The SMILES string of the molecule is COc1ccc(-c2nnc(NC3CCN(Cc4ccccc4)CC3)c3cc(OC)cc(OC)c23)cc1. The van der Waals surface area contributed by atoms with Crippen molar-refractivity contribution >= 4 is 16.6 Å². The van der Waals surface area contributed by atoms with Crippen molar-refractivity contribution < 1.29 is 14.2 Å². The van der Waals surface area contributed by atoms with E-state index in [9.17, 15) is 0 Å². The van der Waals surface area contributed by atoms with E-state index in [-0.39, 0.29) is 0 Å². The van der Waals surface area contributed by atoms with Crippen LogP contribution in [0.1, 0.15) is 18.4 Å². The smallest absolute Gasteiger partial charge is 0.157 e. The Morgan fingerprint density at radius 2 is 1.56 bits per heavy atom. The highest BCUT2D eigenvalue weighted by atomic mass is 16.5. The second-order valence-corrected chi connectivity index (χ2v) is 9.06. The number of hydrogen-bond acceptors (Lipinski definition) is 7. The van der Waals surface area contributed by atoms with Crippen LogP contribution in [-0.2, 0) is 6.54 Å². The van der Waals surface area contributed by atoms with Gasteiger partial charge >= 0.3 is 0 Å². The van der Waals surface area contributed by atoms with E-state index in [0.29, 0.717) is 17.5 Å². The van der Waals surface area contributed by atoms with Crippen molar-refractivity contribution in [3.8, 4) is 28.5 Å². The monoisotopic (exact) mass is 484 g/mol. The molecule has 0 aliphatic carbocycles. The average molecular weight is 485 g/mol. The summed E-state index contributed by atoms with van der Waals surface area (Å²) in [6, 6.07) is 22.7. The number of fused-ring (bicyclic) bond motifs is 1. The molecular formula is C29H32N4O3. The number of nitrogens with zero attached hydrogens (tertiary/aromatic N) is 3. The van der Waals surface area contributed by atoms with Crippen molar-refractivity contribution in [2.24, 2.45) is 0 Å². The molecule has 0 unspecified atom stereocenters. The molecule has 1 N–H and O–H groups in total. The zero-order chi connectivity index (χ0) is 24.9. The fourth-order valence-electron chi connectivity index (χ4n) is 4.83. The first-order valence-corrected chi connectivity index (χ1v) is 12.3. The van der Waals surface area contributed by atoms with Crippen LogP contribution in [0, 0.1) is 0 Å². The standard InChI is InChI=1S/C29H32N4O3/c1-34-23-11-9-21(10-12-23)28-27-25(17-24(35-2)18-26(27)36-3)29(32-31-28)30-22-13-15-33(16-14-22)19-20-7-5-4-6-8-20/h4-12,17-18,22H,13-16,19H2,1-3H3,(H,30,32). The first kappa shape index (κ1) is 23.9. The Hall–Kier alpha value is -3.84. The quantitative estimate of drug-likeness (QED) is 0.359. The summed E-state index contributed by atoms with van der Waals surface area (Å²) in [5.74, 6) is 2.96. The summed E-state index contributed by atoms with van der Waals surface area (Å²) < 4.78 is 16.7. The summed E-state index contributed by atoms with van der Waals surface area (Å²) in [4.78, 5) is 2.51. The summed E-state index contributed by atoms with van der Waals surface area (Å²) in [6.45, 7) is 3.06. The van der Waals surface area contributed by atoms with Crippen molar-refractivity contribution in [1.82, 2.24) is 15.1 Å². The van der Waals surface area contributed by atoms with Gasteiger partial charge in [0.05, 0.1) is 26.7 Å². The normalized spacial score (nSPS) is 14.5. The third-order valence-corrected chi connectivity index (χ3v) is 6.81. The molecule has 0 saturated carbocycles. The maximum Gasteiger partial charge on any atom is 0.157 e. The minimum Gasteiger partial charge on any atom is -0.497 e. The van der Waals surface area contributed by atoms with E-state index >= 15 is 0 Å². The van der Waals surface area contributed by atoms with Gasteiger partial charge in [0.25, 0.3) is 0 Å². The van der Waals surface area contributed by atoms with Crippen LogP contribution in [0.4, 0.5) is 5.82 Å². The van der Waals surface area contributed by atoms with Gasteiger partial charge in [-0.25, -0.2) is 0 Å². The van der Waals surface area contributed by atoms with Gasteiger partial charge < -0.3 is 19.5 Å². The van der Waals surface area contributed by atoms with Crippen molar-refractivity contribution in [1.29, 1.82) is 0 Å². The van der Waals surface area contributed by atoms with Crippen molar-refractivity contribution in [3.63, 3.8) is 0 Å². The van der Waals surface area contributed by atoms with E-state index in [0.717, 1.165) is 66.1 Å². The lowest BCUT2D eigenvalue weighted by atomic mass is 10.0. The van der Waals surface area contributed by atoms with Gasteiger partial charge in [0.1, 0.15) is 22.9 Å². The number of nitrogens with one attached hydrogen (secondary N) is 1. The Bertz CT molecular complexity index is 1300. The number of benzene rings is 3. The van der Waals surface area contributed by atoms with Gasteiger partial charge in [-0.2, -0.15) is 0 Å². The molecule has 1 saturated heterocycles. The van der Waals surface area contributed by atoms with Crippen LogP contribution in [0.25, 0.3) is 22.0 Å². The van der Waals surface area contributed by atoms with Crippen LogP contribution in [0.2, 0.25) is 0 Å². The molecule has 1 fully saturated rings. The first-order chi connectivity index (χ1) is 17.7. The molecule has 0 radical (unpaired) electrons. The van der Waals surface area contributed by atoms with E-state index in [4.69, 9.17) is 14.2 Å². The molecule has 0 bridgehead atoms. The second-order valence-electron chi connectivity index (χ2n) is 9.06. The Morgan fingerprint density at radius 3 is 2.22 bits per heavy atom. The lowest BCUT2D eigenvalue weighted by Gasteiger charge is -2.32. The zero-order valence-corrected chi connectivity index (χ0v) is 21.0. The van der Waals surface area contributed by atoms with Gasteiger partial charge in [0.15, 0.2) is 5.82 Å². The molecule has 0 atom stereocenters. The van der Waals surface area contributed by atoms with E-state index in [2.05, 4.69) is 50.7 Å². The number of ether oxygens (including phenoxy) is 3. The van der Waals surface area contributed by atoms with Gasteiger partial charge in [-0.15, -0.1) is 10.2 Å². The van der Waals surface area contributed by atoms with Crippen LogP contribution in [0.15, 0.2) is 66.7 Å². The number of aromatic nitrogens is 2. The molecule has 3 aromatic carbocycles. The number of likely N-dealkylation sites (tertiary alicyclic amines) is 1. The molecule has 1 aliphatic heterocycles. The highest BCUT2D eigenvalue weighted by Gasteiger charge is 2.23. The number of anilines is 1. The lowest BCUT2D eigenvalue weighted by Crippen LogP contribution is -2.38. The molecule has 5 rings (SSSR count). The van der Waals surface area contributed by atoms with Crippen LogP contribution >= 0.6 is 0 Å². The topological polar surface area (TPSA) is 68.7 Å². The van der Waals surface area contributed by atoms with E-state index in [1.165, 1.54) is 5.56 Å². The summed E-state index contributed by atoms with van der Waals surface area (Å²) in [5, 5.41) is 14.8. The van der Waals surface area contributed by atoms with E-state index < -0.39 is 0 Å². The number of piperidine rings is 1. The van der Waals surface area contributed by atoms with Gasteiger partial charge in [-0.3, -0.25) is 4.90 Å².